The highest BCUT2D eigenvalue weighted by Gasteiger charge is 2.18. The maximum absolute atomic E-state index is 8.87. The van der Waals surface area contributed by atoms with Gasteiger partial charge in [0.2, 0.25) is 0 Å². The zero-order valence-corrected chi connectivity index (χ0v) is 8.89. The lowest BCUT2D eigenvalue weighted by Crippen LogP contribution is -2.42. The summed E-state index contributed by atoms with van der Waals surface area (Å²) in [5.41, 5.74) is 0.701. The molecule has 1 unspecified atom stereocenters. The Bertz CT molecular complexity index is 366. The van der Waals surface area contributed by atoms with Crippen LogP contribution in [-0.2, 0) is 11.3 Å². The van der Waals surface area contributed by atoms with Crippen molar-refractivity contribution >= 4 is 0 Å². The SMILES string of the molecule is CN1CCOC(Cn2cccc2C#N)C1. The summed E-state index contributed by atoms with van der Waals surface area (Å²) in [7, 11) is 2.09. The summed E-state index contributed by atoms with van der Waals surface area (Å²) in [6.07, 6.45) is 2.12. The van der Waals surface area contributed by atoms with Gasteiger partial charge in [0.05, 0.1) is 19.3 Å². The van der Waals surface area contributed by atoms with E-state index in [9.17, 15) is 0 Å². The first-order valence-electron chi connectivity index (χ1n) is 5.15. The normalized spacial score (nSPS) is 22.5. The van der Waals surface area contributed by atoms with Gasteiger partial charge in [-0.25, -0.2) is 0 Å². The van der Waals surface area contributed by atoms with Gasteiger partial charge in [0.1, 0.15) is 11.8 Å². The molecule has 0 radical (unpaired) electrons. The number of nitrogens with zero attached hydrogens (tertiary/aromatic N) is 3. The first-order chi connectivity index (χ1) is 7.29. The second-order valence-corrected chi connectivity index (χ2v) is 3.91. The topological polar surface area (TPSA) is 41.2 Å². The molecule has 0 spiro atoms. The highest BCUT2D eigenvalue weighted by molar-refractivity contribution is 5.22. The van der Waals surface area contributed by atoms with Gasteiger partial charge in [0.25, 0.3) is 0 Å². The summed E-state index contributed by atoms with van der Waals surface area (Å²) in [5.74, 6) is 0. The Labute approximate surface area is 89.7 Å². The van der Waals surface area contributed by atoms with E-state index in [0.717, 1.165) is 26.2 Å². The minimum atomic E-state index is 0.197. The number of hydrogen-bond acceptors (Lipinski definition) is 3. The molecular weight excluding hydrogens is 190 g/mol. The van der Waals surface area contributed by atoms with E-state index < -0.39 is 0 Å². The average molecular weight is 205 g/mol. The number of likely N-dealkylation sites (N-methyl/N-ethyl adjacent to an activating group) is 1. The van der Waals surface area contributed by atoms with Crippen molar-refractivity contribution < 1.29 is 4.74 Å². The summed E-state index contributed by atoms with van der Waals surface area (Å²) in [4.78, 5) is 2.25. The zero-order valence-electron chi connectivity index (χ0n) is 8.89. The summed E-state index contributed by atoms with van der Waals surface area (Å²) in [6.45, 7) is 3.47. The first-order valence-corrected chi connectivity index (χ1v) is 5.15. The van der Waals surface area contributed by atoms with Gasteiger partial charge >= 0.3 is 0 Å². The lowest BCUT2D eigenvalue weighted by molar-refractivity contribution is -0.0275. The van der Waals surface area contributed by atoms with E-state index in [1.807, 2.05) is 22.9 Å². The quantitative estimate of drug-likeness (QED) is 0.713. The minimum absolute atomic E-state index is 0.197. The fraction of sp³-hybridized carbons (Fsp3) is 0.545. The molecule has 1 fully saturated rings. The van der Waals surface area contributed by atoms with Crippen LogP contribution < -0.4 is 0 Å². The van der Waals surface area contributed by atoms with Crippen molar-refractivity contribution in [1.29, 1.82) is 5.26 Å². The van der Waals surface area contributed by atoms with Crippen LogP contribution in [0, 0.1) is 11.3 Å². The van der Waals surface area contributed by atoms with Crippen LogP contribution in [0.1, 0.15) is 5.69 Å². The highest BCUT2D eigenvalue weighted by atomic mass is 16.5. The lowest BCUT2D eigenvalue weighted by Gasteiger charge is -2.30. The largest absolute Gasteiger partial charge is 0.374 e. The van der Waals surface area contributed by atoms with Crippen molar-refractivity contribution in [3.05, 3.63) is 24.0 Å². The van der Waals surface area contributed by atoms with Gasteiger partial charge in [-0.2, -0.15) is 5.26 Å². The van der Waals surface area contributed by atoms with Crippen LogP contribution >= 0.6 is 0 Å². The minimum Gasteiger partial charge on any atom is -0.374 e. The van der Waals surface area contributed by atoms with E-state index in [2.05, 4.69) is 18.0 Å². The van der Waals surface area contributed by atoms with Gasteiger partial charge in [0.15, 0.2) is 0 Å². The van der Waals surface area contributed by atoms with Crippen LogP contribution in [0.25, 0.3) is 0 Å². The first kappa shape index (κ1) is 10.2. The summed E-state index contributed by atoms with van der Waals surface area (Å²) < 4.78 is 7.60. The summed E-state index contributed by atoms with van der Waals surface area (Å²) in [6, 6.07) is 5.89. The monoisotopic (exact) mass is 205 g/mol. The van der Waals surface area contributed by atoms with E-state index in [0.29, 0.717) is 5.69 Å². The number of rotatable bonds is 2. The molecule has 15 heavy (non-hydrogen) atoms. The molecule has 4 heteroatoms. The third-order valence-electron chi connectivity index (χ3n) is 2.69. The molecule has 2 rings (SSSR count). The number of hydrogen-bond donors (Lipinski definition) is 0. The molecule has 80 valence electrons. The van der Waals surface area contributed by atoms with Crippen LogP contribution in [0.15, 0.2) is 18.3 Å². The van der Waals surface area contributed by atoms with Gasteiger partial charge < -0.3 is 14.2 Å². The second kappa shape index (κ2) is 4.47. The molecule has 0 aliphatic carbocycles. The molecule has 0 N–H and O–H groups in total. The second-order valence-electron chi connectivity index (χ2n) is 3.91. The van der Waals surface area contributed by atoms with Crippen LogP contribution in [0.2, 0.25) is 0 Å². The average Bonchev–Trinajstić information content (AvgIpc) is 2.65. The van der Waals surface area contributed by atoms with Crippen LogP contribution in [0.4, 0.5) is 0 Å². The van der Waals surface area contributed by atoms with Gasteiger partial charge in [-0.1, -0.05) is 0 Å². The Kier molecular flexibility index (Phi) is 3.05. The Hall–Kier alpha value is -1.31. The molecule has 1 aliphatic heterocycles. The van der Waals surface area contributed by atoms with Gasteiger partial charge in [-0.05, 0) is 19.2 Å². The zero-order chi connectivity index (χ0) is 10.7. The van der Waals surface area contributed by atoms with E-state index >= 15 is 0 Å². The van der Waals surface area contributed by atoms with E-state index in [4.69, 9.17) is 10.00 Å². The molecule has 0 aromatic carbocycles. The molecule has 0 bridgehead atoms. The molecule has 1 aromatic rings. The third kappa shape index (κ3) is 2.38. The van der Waals surface area contributed by atoms with Crippen molar-refractivity contribution in [2.45, 2.75) is 12.6 Å². The van der Waals surface area contributed by atoms with E-state index in [1.54, 1.807) is 0 Å². The number of aromatic nitrogens is 1. The molecule has 1 aromatic heterocycles. The van der Waals surface area contributed by atoms with Crippen LogP contribution in [0.5, 0.6) is 0 Å². The van der Waals surface area contributed by atoms with Gasteiger partial charge in [0, 0.05) is 19.3 Å². The lowest BCUT2D eigenvalue weighted by atomic mass is 10.3. The fourth-order valence-electron chi connectivity index (χ4n) is 1.87. The molecule has 1 saturated heterocycles. The maximum Gasteiger partial charge on any atom is 0.120 e. The Morgan fingerprint density at radius 3 is 3.27 bits per heavy atom. The van der Waals surface area contributed by atoms with Crippen molar-refractivity contribution in [2.24, 2.45) is 0 Å². The Balaban J connectivity index is 1.99. The molecule has 0 saturated carbocycles. The van der Waals surface area contributed by atoms with Crippen molar-refractivity contribution in [3.63, 3.8) is 0 Å². The molecular formula is C11H15N3O. The van der Waals surface area contributed by atoms with Crippen molar-refractivity contribution in [1.82, 2.24) is 9.47 Å². The third-order valence-corrected chi connectivity index (χ3v) is 2.69. The number of ether oxygens (including phenoxy) is 1. The number of nitriles is 1. The van der Waals surface area contributed by atoms with Crippen LogP contribution in [-0.4, -0.2) is 42.3 Å². The summed E-state index contributed by atoms with van der Waals surface area (Å²) in [5, 5.41) is 8.87. The molecule has 1 atom stereocenters. The predicted molar refractivity (Wildman–Crippen MR) is 56.4 cm³/mol. The molecule has 1 aliphatic rings. The smallest absolute Gasteiger partial charge is 0.120 e. The van der Waals surface area contributed by atoms with Crippen molar-refractivity contribution in [2.75, 3.05) is 26.7 Å². The van der Waals surface area contributed by atoms with Gasteiger partial charge in [-0.3, -0.25) is 0 Å². The fourth-order valence-corrected chi connectivity index (χ4v) is 1.87. The van der Waals surface area contributed by atoms with E-state index in [-0.39, 0.29) is 6.10 Å². The van der Waals surface area contributed by atoms with Crippen molar-refractivity contribution in [3.8, 4) is 6.07 Å². The Morgan fingerprint density at radius 1 is 1.67 bits per heavy atom. The summed E-state index contributed by atoms with van der Waals surface area (Å²) >= 11 is 0. The predicted octanol–water partition coefficient (Wildman–Crippen LogP) is 0.690. The number of morpholine rings is 1. The molecule has 4 nitrogen and oxygen atoms in total. The maximum atomic E-state index is 8.87. The highest BCUT2D eigenvalue weighted by Crippen LogP contribution is 2.08. The Morgan fingerprint density at radius 2 is 2.53 bits per heavy atom. The standard InChI is InChI=1S/C11H15N3O/c1-13-5-6-15-11(8-13)9-14-4-2-3-10(14)7-12/h2-4,11H,5-6,8-9H2,1H3. The molecule has 2 heterocycles. The van der Waals surface area contributed by atoms with Crippen LogP contribution in [0.3, 0.4) is 0 Å². The van der Waals surface area contributed by atoms with E-state index in [1.165, 1.54) is 0 Å². The molecule has 0 amide bonds. The van der Waals surface area contributed by atoms with Gasteiger partial charge in [-0.15, -0.1) is 0 Å².